The number of allylic oxidation sites excluding steroid dienone is 3. The van der Waals surface area contributed by atoms with Gasteiger partial charge in [-0.2, -0.15) is 5.10 Å². The van der Waals surface area contributed by atoms with Gasteiger partial charge in [0.25, 0.3) is 11.8 Å². The summed E-state index contributed by atoms with van der Waals surface area (Å²) in [5, 5.41) is 13.3. The number of carbonyl (C=O) groups excluding carboxylic acids is 4. The van der Waals surface area contributed by atoms with Gasteiger partial charge < -0.3 is 52.6 Å². The molecular formula is C46H65N15O6. The molecule has 5 aromatic rings. The largest absolute Gasteiger partial charge is 0.494 e. The Bertz CT molecular complexity index is 2650. The lowest BCUT2D eigenvalue weighted by Gasteiger charge is -2.13. The molecule has 0 atom stereocenters. The molecule has 360 valence electrons. The van der Waals surface area contributed by atoms with Crippen LogP contribution in [-0.4, -0.2) is 105 Å². The molecule has 13 N–H and O–H groups in total. The van der Waals surface area contributed by atoms with Crippen molar-refractivity contribution >= 4 is 63.3 Å². The van der Waals surface area contributed by atoms with E-state index < -0.39 is 23.6 Å². The molecule has 0 radical (unpaired) electrons. The zero-order chi connectivity index (χ0) is 49.2. The smallest absolute Gasteiger partial charge is 0.276 e. The summed E-state index contributed by atoms with van der Waals surface area (Å²) in [5.74, 6) is -0.736. The van der Waals surface area contributed by atoms with E-state index in [-0.39, 0.29) is 54.2 Å². The fourth-order valence-corrected chi connectivity index (χ4v) is 6.71. The highest BCUT2D eigenvalue weighted by atomic mass is 16.5. The molecule has 0 bridgehead atoms. The zero-order valence-electron chi connectivity index (χ0n) is 39.4. The molecule has 0 spiro atoms. The van der Waals surface area contributed by atoms with Crippen molar-refractivity contribution < 1.29 is 28.7 Å². The SMILES string of the molecule is CC(C)CCNCCN.CCN=C(/C=C(/C)N)C(=O)Nc1nc2cc(C(N)=O)cc(OC/C=C/CN)c2n1C/C=C/Cn1c(NC(=O)c2cc(C)nn2CC)nc2cc(C(N)=O)cc(OC)c21. The Hall–Kier alpha value is -7.36. The first-order valence-electron chi connectivity index (χ1n) is 22.0. The number of nitrogens with two attached hydrogens (primary N) is 5. The number of amides is 4. The monoisotopic (exact) mass is 924 g/mol. The number of nitrogens with one attached hydrogen (secondary N) is 3. The zero-order valence-corrected chi connectivity index (χ0v) is 39.4. The van der Waals surface area contributed by atoms with Crippen LogP contribution in [0.3, 0.4) is 0 Å². The summed E-state index contributed by atoms with van der Waals surface area (Å²) in [7, 11) is 1.45. The first kappa shape index (κ1) is 52.3. The van der Waals surface area contributed by atoms with Gasteiger partial charge in [0, 0.05) is 62.6 Å². The molecule has 21 heteroatoms. The van der Waals surface area contributed by atoms with Crippen LogP contribution in [-0.2, 0) is 24.4 Å². The fraction of sp³-hybridized carbons (Fsp3) is 0.391. The molecule has 3 aromatic heterocycles. The van der Waals surface area contributed by atoms with Gasteiger partial charge in [-0.25, -0.2) is 9.97 Å². The minimum absolute atomic E-state index is 0.0880. The number of nitrogens with zero attached hydrogens (tertiary/aromatic N) is 7. The number of fused-ring (bicyclic) bond motifs is 2. The van der Waals surface area contributed by atoms with Crippen molar-refractivity contribution in [3.8, 4) is 11.5 Å². The van der Waals surface area contributed by atoms with Crippen molar-refractivity contribution in [2.75, 3.05) is 57.1 Å². The van der Waals surface area contributed by atoms with Gasteiger partial charge in [-0.3, -0.25) is 39.5 Å². The van der Waals surface area contributed by atoms with Crippen LogP contribution in [0.1, 0.15) is 77.9 Å². The Morgan fingerprint density at radius 2 is 1.42 bits per heavy atom. The first-order chi connectivity index (χ1) is 32.1. The summed E-state index contributed by atoms with van der Waals surface area (Å²) in [6.45, 7) is 15.8. The quantitative estimate of drug-likeness (QED) is 0.0265. The third-order valence-electron chi connectivity index (χ3n) is 9.81. The van der Waals surface area contributed by atoms with E-state index in [0.717, 1.165) is 25.6 Å². The lowest BCUT2D eigenvalue weighted by atomic mass is 10.1. The number of imidazole rings is 2. The van der Waals surface area contributed by atoms with Gasteiger partial charge >= 0.3 is 0 Å². The van der Waals surface area contributed by atoms with E-state index >= 15 is 0 Å². The van der Waals surface area contributed by atoms with Crippen LogP contribution in [0.2, 0.25) is 0 Å². The van der Waals surface area contributed by atoms with Crippen LogP contribution in [0.4, 0.5) is 11.9 Å². The van der Waals surface area contributed by atoms with Crippen molar-refractivity contribution in [1.82, 2.24) is 34.2 Å². The summed E-state index contributed by atoms with van der Waals surface area (Å²) >= 11 is 0. The van der Waals surface area contributed by atoms with Gasteiger partial charge in [0.15, 0.2) is 0 Å². The van der Waals surface area contributed by atoms with Crippen LogP contribution < -0.4 is 54.1 Å². The first-order valence-corrected chi connectivity index (χ1v) is 22.0. The Morgan fingerprint density at radius 1 is 0.821 bits per heavy atom. The number of ether oxygens (including phenoxy) is 2. The minimum Gasteiger partial charge on any atom is -0.494 e. The molecule has 0 saturated carbocycles. The normalized spacial score (nSPS) is 12.0. The molecule has 0 fully saturated rings. The molecule has 0 aliphatic carbocycles. The molecule has 67 heavy (non-hydrogen) atoms. The topological polar surface area (TPSA) is 319 Å². The molecular weight excluding hydrogens is 859 g/mol. The van der Waals surface area contributed by atoms with Gasteiger partial charge in [0.2, 0.25) is 23.7 Å². The van der Waals surface area contributed by atoms with E-state index in [4.69, 9.17) is 38.1 Å². The number of hydrogen-bond acceptors (Lipinski definition) is 14. The number of hydrogen-bond donors (Lipinski definition) is 8. The standard InChI is InChI=1S/C39H47N13O6.C7H18N2/c1-6-44-28(16-22(3)41)36(55)47-38-46-27-19-25(35(43)54)21-31(58-15-11-8-12-40)33(27)51(38)14-10-9-13-50-32-26(18-24(34(42)53)20-30(32)57-5)45-39(50)48-37(56)29-17-23(4)49-52(29)7-2;1-7(2)3-5-9-6-4-8/h8-11,16-21H,6-7,12-15,40-41H2,1-5H3,(H2,42,53)(H2,43,54)(H,45,48,56)(H,46,47,55);7,9H,3-6,8H2,1-2H3/b10-9+,11-8+,22-16-,44-28?;. The number of aliphatic imine (C=N–C) groups is 1. The number of aryl methyl sites for hydroxylation is 2. The summed E-state index contributed by atoms with van der Waals surface area (Å²) < 4.78 is 16.7. The Morgan fingerprint density at radius 3 is 1.94 bits per heavy atom. The molecule has 2 aromatic carbocycles. The van der Waals surface area contributed by atoms with E-state index in [2.05, 4.69) is 49.9 Å². The highest BCUT2D eigenvalue weighted by Crippen LogP contribution is 2.33. The second kappa shape index (κ2) is 25.4. The highest BCUT2D eigenvalue weighted by Gasteiger charge is 2.23. The van der Waals surface area contributed by atoms with E-state index in [1.54, 1.807) is 58.9 Å². The molecule has 21 nitrogen and oxygen atoms in total. The van der Waals surface area contributed by atoms with Crippen molar-refractivity contribution in [3.63, 3.8) is 0 Å². The third kappa shape index (κ3) is 14.3. The molecule has 0 unspecified atom stereocenters. The van der Waals surface area contributed by atoms with Crippen LogP contribution in [0, 0.1) is 12.8 Å². The van der Waals surface area contributed by atoms with Gasteiger partial charge in [-0.15, -0.1) is 0 Å². The number of anilines is 2. The van der Waals surface area contributed by atoms with Gasteiger partial charge in [0.05, 0.1) is 23.8 Å². The van der Waals surface area contributed by atoms with E-state index in [9.17, 15) is 19.2 Å². The molecule has 0 aliphatic rings. The summed E-state index contributed by atoms with van der Waals surface area (Å²) in [6.07, 6.45) is 9.77. The van der Waals surface area contributed by atoms with E-state index in [0.29, 0.717) is 64.5 Å². The van der Waals surface area contributed by atoms with Crippen molar-refractivity contribution in [1.29, 1.82) is 0 Å². The maximum atomic E-state index is 13.6. The second-order valence-electron chi connectivity index (χ2n) is 15.6. The maximum Gasteiger partial charge on any atom is 0.276 e. The average Bonchev–Trinajstić information content (AvgIpc) is 3.96. The van der Waals surface area contributed by atoms with E-state index in [1.807, 2.05) is 13.0 Å². The number of rotatable bonds is 23. The third-order valence-corrected chi connectivity index (χ3v) is 9.81. The molecule has 0 saturated heterocycles. The summed E-state index contributed by atoms with van der Waals surface area (Å²) in [6, 6.07) is 7.70. The van der Waals surface area contributed by atoms with Crippen LogP contribution >= 0.6 is 0 Å². The van der Waals surface area contributed by atoms with Crippen molar-refractivity contribution in [3.05, 3.63) is 88.9 Å². The predicted octanol–water partition coefficient (Wildman–Crippen LogP) is 3.36. The number of methoxy groups -OCH3 is 1. The highest BCUT2D eigenvalue weighted by molar-refractivity contribution is 6.47. The average molecular weight is 924 g/mol. The van der Waals surface area contributed by atoms with Gasteiger partial charge in [-0.05, 0) is 83.0 Å². The lowest BCUT2D eigenvalue weighted by Crippen LogP contribution is -2.24. The summed E-state index contributed by atoms with van der Waals surface area (Å²) in [4.78, 5) is 65.3. The Labute approximate surface area is 389 Å². The molecule has 5 rings (SSSR count). The lowest BCUT2D eigenvalue weighted by molar-refractivity contribution is -0.110. The van der Waals surface area contributed by atoms with Crippen LogP contribution in [0.5, 0.6) is 11.5 Å². The van der Waals surface area contributed by atoms with Crippen molar-refractivity contribution in [2.24, 2.45) is 39.6 Å². The summed E-state index contributed by atoms with van der Waals surface area (Å²) in [5.41, 5.74) is 31.5. The minimum atomic E-state index is -0.701. The van der Waals surface area contributed by atoms with E-state index in [1.165, 1.54) is 43.9 Å². The maximum absolute atomic E-state index is 13.6. The molecule has 4 amide bonds. The second-order valence-corrected chi connectivity index (χ2v) is 15.6. The Kier molecular flexibility index (Phi) is 19.8. The number of carbonyl (C=O) groups is 4. The molecule has 3 heterocycles. The van der Waals surface area contributed by atoms with Crippen LogP contribution in [0.25, 0.3) is 22.1 Å². The van der Waals surface area contributed by atoms with Crippen molar-refractivity contribution in [2.45, 2.75) is 67.6 Å². The molecule has 0 aliphatic heterocycles. The number of primary amides is 2. The number of benzene rings is 2. The fourth-order valence-electron chi connectivity index (χ4n) is 6.71. The van der Waals surface area contributed by atoms with Gasteiger partial charge in [0.1, 0.15) is 40.5 Å². The van der Waals surface area contributed by atoms with Gasteiger partial charge in [-0.1, -0.05) is 38.2 Å². The Balaban J connectivity index is 0.000000984. The predicted molar refractivity (Wildman–Crippen MR) is 262 cm³/mol. The number of aromatic nitrogens is 6. The van der Waals surface area contributed by atoms with Crippen LogP contribution in [0.15, 0.2) is 71.4 Å².